The van der Waals surface area contributed by atoms with Crippen LogP contribution in [0.3, 0.4) is 0 Å². The van der Waals surface area contributed by atoms with Crippen LogP contribution in [-0.4, -0.2) is 0 Å². The molecule has 0 bridgehead atoms. The Morgan fingerprint density at radius 1 is 0.885 bits per heavy atom. The van der Waals surface area contributed by atoms with Crippen LogP contribution in [-0.2, 0) is 0 Å². The second kappa shape index (κ2) is 7.07. The first-order valence-corrected chi connectivity index (χ1v) is 10.5. The van der Waals surface area contributed by atoms with Crippen molar-refractivity contribution < 1.29 is 0 Å². The SMILES string of the molecule is CC(C)c1ccccc1Sc1ccc2c(=O)c3ccccc3sc2c1Cl. The molecule has 0 atom stereocenters. The van der Waals surface area contributed by atoms with E-state index in [2.05, 4.69) is 38.1 Å². The standard InChI is InChI=1S/C22H17ClOS2/c1-13(2)14-7-3-5-9-17(14)25-19-12-11-16-21(24)15-8-4-6-10-18(15)26-22(16)20(19)23/h3-13H,1-2H3. The van der Waals surface area contributed by atoms with Gasteiger partial charge in [-0.1, -0.05) is 67.5 Å². The van der Waals surface area contributed by atoms with Gasteiger partial charge in [0.2, 0.25) is 0 Å². The third-order valence-electron chi connectivity index (χ3n) is 4.41. The van der Waals surface area contributed by atoms with Crippen molar-refractivity contribution in [1.82, 2.24) is 0 Å². The van der Waals surface area contributed by atoms with Crippen LogP contribution in [0.15, 0.2) is 75.2 Å². The minimum Gasteiger partial charge on any atom is -0.289 e. The highest BCUT2D eigenvalue weighted by Crippen LogP contribution is 2.41. The van der Waals surface area contributed by atoms with E-state index in [1.54, 1.807) is 23.1 Å². The van der Waals surface area contributed by atoms with Crippen molar-refractivity contribution in [3.63, 3.8) is 0 Å². The average Bonchev–Trinajstić information content (AvgIpc) is 2.65. The first kappa shape index (κ1) is 17.6. The third-order valence-corrected chi connectivity index (χ3v) is 7.38. The molecule has 0 aliphatic rings. The summed E-state index contributed by atoms with van der Waals surface area (Å²) in [5.74, 6) is 0.443. The molecule has 1 aromatic heterocycles. The Balaban J connectivity index is 1.89. The molecule has 1 nitrogen and oxygen atoms in total. The van der Waals surface area contributed by atoms with Gasteiger partial charge in [0.25, 0.3) is 0 Å². The van der Waals surface area contributed by atoms with Crippen LogP contribution >= 0.6 is 34.7 Å². The second-order valence-electron chi connectivity index (χ2n) is 6.48. The summed E-state index contributed by atoms with van der Waals surface area (Å²) < 4.78 is 1.83. The van der Waals surface area contributed by atoms with Gasteiger partial charge in [-0.2, -0.15) is 0 Å². The molecule has 0 saturated carbocycles. The summed E-state index contributed by atoms with van der Waals surface area (Å²) in [4.78, 5) is 15.0. The van der Waals surface area contributed by atoms with Gasteiger partial charge < -0.3 is 0 Å². The Morgan fingerprint density at radius 3 is 2.42 bits per heavy atom. The molecule has 26 heavy (non-hydrogen) atoms. The maximum atomic E-state index is 12.8. The average molecular weight is 397 g/mol. The molecule has 0 spiro atoms. The maximum absolute atomic E-state index is 12.8. The van der Waals surface area contributed by atoms with Gasteiger partial charge in [-0.25, -0.2) is 0 Å². The topological polar surface area (TPSA) is 17.1 Å². The fourth-order valence-corrected chi connectivity index (χ4v) is 5.76. The van der Waals surface area contributed by atoms with E-state index in [0.717, 1.165) is 19.7 Å². The smallest absolute Gasteiger partial charge is 0.195 e. The summed E-state index contributed by atoms with van der Waals surface area (Å²) in [6, 6.07) is 20.0. The number of hydrogen-bond acceptors (Lipinski definition) is 3. The quantitative estimate of drug-likeness (QED) is 0.337. The van der Waals surface area contributed by atoms with Gasteiger partial charge in [0.05, 0.1) is 9.72 Å². The van der Waals surface area contributed by atoms with Gasteiger partial charge in [0.1, 0.15) is 0 Å². The normalized spacial score (nSPS) is 11.5. The van der Waals surface area contributed by atoms with Crippen LogP contribution in [0.4, 0.5) is 0 Å². The molecular weight excluding hydrogens is 380 g/mol. The first-order valence-electron chi connectivity index (χ1n) is 8.47. The number of fused-ring (bicyclic) bond motifs is 2. The molecule has 4 rings (SSSR count). The Labute approximate surface area is 165 Å². The molecule has 0 radical (unpaired) electrons. The minimum absolute atomic E-state index is 0.0513. The van der Waals surface area contributed by atoms with Crippen molar-refractivity contribution in [2.24, 2.45) is 0 Å². The van der Waals surface area contributed by atoms with Crippen molar-refractivity contribution in [1.29, 1.82) is 0 Å². The van der Waals surface area contributed by atoms with Crippen LogP contribution in [0.25, 0.3) is 20.2 Å². The van der Waals surface area contributed by atoms with Crippen molar-refractivity contribution >= 4 is 54.9 Å². The highest BCUT2D eigenvalue weighted by molar-refractivity contribution is 7.99. The third kappa shape index (κ3) is 3.05. The Kier molecular flexibility index (Phi) is 4.78. The summed E-state index contributed by atoms with van der Waals surface area (Å²) in [5.41, 5.74) is 1.36. The Morgan fingerprint density at radius 2 is 1.62 bits per heavy atom. The molecule has 0 aliphatic carbocycles. The lowest BCUT2D eigenvalue weighted by molar-refractivity contribution is 0.842. The van der Waals surface area contributed by atoms with E-state index in [0.29, 0.717) is 16.3 Å². The van der Waals surface area contributed by atoms with Crippen molar-refractivity contribution in [3.05, 3.63) is 81.5 Å². The van der Waals surface area contributed by atoms with Crippen molar-refractivity contribution in [3.8, 4) is 0 Å². The van der Waals surface area contributed by atoms with E-state index < -0.39 is 0 Å². The first-order chi connectivity index (χ1) is 12.6. The highest BCUT2D eigenvalue weighted by atomic mass is 35.5. The van der Waals surface area contributed by atoms with Gasteiger partial charge in [-0.05, 0) is 41.8 Å². The number of halogens is 1. The molecule has 0 N–H and O–H groups in total. The number of benzene rings is 3. The summed E-state index contributed by atoms with van der Waals surface area (Å²) in [7, 11) is 0. The molecule has 4 aromatic rings. The van der Waals surface area contributed by atoms with Crippen LogP contribution in [0.1, 0.15) is 25.3 Å². The maximum Gasteiger partial charge on any atom is 0.195 e. The van der Waals surface area contributed by atoms with E-state index in [1.165, 1.54) is 10.5 Å². The van der Waals surface area contributed by atoms with E-state index in [1.807, 2.05) is 36.4 Å². The molecule has 130 valence electrons. The van der Waals surface area contributed by atoms with Gasteiger partial charge in [-0.15, -0.1) is 11.3 Å². The molecule has 4 heteroatoms. The zero-order valence-corrected chi connectivity index (χ0v) is 16.8. The molecule has 0 fully saturated rings. The molecule has 3 aromatic carbocycles. The lowest BCUT2D eigenvalue weighted by Crippen LogP contribution is -2.01. The van der Waals surface area contributed by atoms with Crippen molar-refractivity contribution in [2.75, 3.05) is 0 Å². The minimum atomic E-state index is 0.0513. The van der Waals surface area contributed by atoms with Crippen LogP contribution in [0.5, 0.6) is 0 Å². The summed E-state index contributed by atoms with van der Waals surface area (Å²) in [6.45, 7) is 4.39. The Hall–Kier alpha value is -1.81. The molecule has 0 amide bonds. The number of hydrogen-bond donors (Lipinski definition) is 0. The highest BCUT2D eigenvalue weighted by Gasteiger charge is 2.14. The van der Waals surface area contributed by atoms with Crippen LogP contribution in [0.2, 0.25) is 5.02 Å². The fourth-order valence-electron chi connectivity index (χ4n) is 3.06. The largest absolute Gasteiger partial charge is 0.289 e. The predicted octanol–water partition coefficient (Wildman–Crippen LogP) is 7.34. The predicted molar refractivity (Wildman–Crippen MR) is 115 cm³/mol. The summed E-state index contributed by atoms with van der Waals surface area (Å²) in [5, 5.41) is 2.12. The zero-order chi connectivity index (χ0) is 18.3. The lowest BCUT2D eigenvalue weighted by Gasteiger charge is -2.13. The summed E-state index contributed by atoms with van der Waals surface area (Å²) in [6.07, 6.45) is 0. The molecular formula is C22H17ClOS2. The van der Waals surface area contributed by atoms with E-state index in [-0.39, 0.29) is 5.43 Å². The Bertz CT molecular complexity index is 1180. The van der Waals surface area contributed by atoms with E-state index in [4.69, 9.17) is 11.6 Å². The second-order valence-corrected chi connectivity index (χ2v) is 8.99. The molecule has 1 heterocycles. The van der Waals surface area contributed by atoms with Crippen molar-refractivity contribution in [2.45, 2.75) is 29.6 Å². The molecule has 0 unspecified atom stereocenters. The van der Waals surface area contributed by atoms with Gasteiger partial charge in [-0.3, -0.25) is 4.79 Å². The van der Waals surface area contributed by atoms with E-state index >= 15 is 0 Å². The zero-order valence-electron chi connectivity index (χ0n) is 14.5. The molecule has 0 saturated heterocycles. The number of rotatable bonds is 3. The van der Waals surface area contributed by atoms with Gasteiger partial charge in [0.15, 0.2) is 5.43 Å². The monoisotopic (exact) mass is 396 g/mol. The van der Waals surface area contributed by atoms with Crippen LogP contribution in [0, 0.1) is 0 Å². The molecule has 0 aliphatic heterocycles. The summed E-state index contributed by atoms with van der Waals surface area (Å²) >= 11 is 10.00. The van der Waals surface area contributed by atoms with E-state index in [9.17, 15) is 4.79 Å². The van der Waals surface area contributed by atoms with Gasteiger partial charge in [0, 0.05) is 25.3 Å². The lowest BCUT2D eigenvalue weighted by atomic mass is 10.0. The fraction of sp³-hybridized carbons (Fsp3) is 0.136. The van der Waals surface area contributed by atoms with Crippen LogP contribution < -0.4 is 5.43 Å². The van der Waals surface area contributed by atoms with Gasteiger partial charge >= 0.3 is 0 Å².